The third kappa shape index (κ3) is 3.23. The van der Waals surface area contributed by atoms with Crippen molar-refractivity contribution >= 4 is 16.7 Å². The summed E-state index contributed by atoms with van der Waals surface area (Å²) < 4.78 is 11.8. The van der Waals surface area contributed by atoms with Gasteiger partial charge < -0.3 is 9.47 Å². The number of aromatic nitrogens is 2. The van der Waals surface area contributed by atoms with E-state index in [0.717, 1.165) is 0 Å². The van der Waals surface area contributed by atoms with Gasteiger partial charge in [-0.15, -0.1) is 0 Å². The molecule has 4 rings (SSSR count). The van der Waals surface area contributed by atoms with E-state index in [1.54, 1.807) is 79.9 Å². The van der Waals surface area contributed by atoms with Crippen molar-refractivity contribution in [2.24, 2.45) is 0 Å². The highest BCUT2D eigenvalue weighted by atomic mass is 16.5. The van der Waals surface area contributed by atoms with E-state index in [9.17, 15) is 9.59 Å². The molecule has 0 N–H and O–H groups in total. The van der Waals surface area contributed by atoms with Gasteiger partial charge in [-0.2, -0.15) is 9.78 Å². The Morgan fingerprint density at radius 1 is 0.821 bits per heavy atom. The Kier molecular flexibility index (Phi) is 4.60. The van der Waals surface area contributed by atoms with E-state index < -0.39 is 5.97 Å². The van der Waals surface area contributed by atoms with Crippen LogP contribution in [0.2, 0.25) is 0 Å². The summed E-state index contributed by atoms with van der Waals surface area (Å²) in [5.41, 5.74) is 0.328. The molecule has 0 aliphatic carbocycles. The third-order valence-corrected chi connectivity index (χ3v) is 4.27. The number of methoxy groups -OCH3 is 1. The molecule has 4 aromatic rings. The number of para-hydroxylation sites is 1. The lowest BCUT2D eigenvalue weighted by Crippen LogP contribution is -2.25. The SMILES string of the molecule is COc1ccc(OC(=O)c2nn(-c3ccccc3)c(=O)c3ccccc23)cc1. The Morgan fingerprint density at radius 2 is 1.43 bits per heavy atom. The number of hydrogen-bond donors (Lipinski definition) is 0. The number of ether oxygens (including phenoxy) is 2. The molecule has 28 heavy (non-hydrogen) atoms. The Labute approximate surface area is 160 Å². The lowest BCUT2D eigenvalue weighted by Gasteiger charge is -2.11. The third-order valence-electron chi connectivity index (χ3n) is 4.27. The van der Waals surface area contributed by atoms with Crippen molar-refractivity contribution in [2.75, 3.05) is 7.11 Å². The van der Waals surface area contributed by atoms with E-state index in [0.29, 0.717) is 28.0 Å². The minimum atomic E-state index is -0.647. The summed E-state index contributed by atoms with van der Waals surface area (Å²) >= 11 is 0. The minimum absolute atomic E-state index is 0.0647. The summed E-state index contributed by atoms with van der Waals surface area (Å²) in [5.74, 6) is 0.362. The molecular formula is C22H16N2O4. The highest BCUT2D eigenvalue weighted by molar-refractivity contribution is 6.03. The predicted octanol–water partition coefficient (Wildman–Crippen LogP) is 3.61. The lowest BCUT2D eigenvalue weighted by molar-refractivity contribution is 0.0728. The van der Waals surface area contributed by atoms with E-state index in [1.165, 1.54) is 4.68 Å². The van der Waals surface area contributed by atoms with Crippen LogP contribution < -0.4 is 15.0 Å². The van der Waals surface area contributed by atoms with Crippen LogP contribution >= 0.6 is 0 Å². The second-order valence-electron chi connectivity index (χ2n) is 6.01. The van der Waals surface area contributed by atoms with Crippen LogP contribution in [-0.2, 0) is 0 Å². The molecular weight excluding hydrogens is 356 g/mol. The summed E-state index contributed by atoms with van der Waals surface area (Å²) in [6.45, 7) is 0. The van der Waals surface area contributed by atoms with Gasteiger partial charge in [0.15, 0.2) is 5.69 Å². The highest BCUT2D eigenvalue weighted by Crippen LogP contribution is 2.20. The Hall–Kier alpha value is -3.93. The van der Waals surface area contributed by atoms with Crippen molar-refractivity contribution < 1.29 is 14.3 Å². The Morgan fingerprint density at radius 3 is 2.11 bits per heavy atom. The topological polar surface area (TPSA) is 70.4 Å². The number of carbonyl (C=O) groups is 1. The normalized spacial score (nSPS) is 10.6. The zero-order valence-electron chi connectivity index (χ0n) is 15.0. The lowest BCUT2D eigenvalue weighted by atomic mass is 10.1. The maximum Gasteiger partial charge on any atom is 0.364 e. The quantitative estimate of drug-likeness (QED) is 0.404. The largest absolute Gasteiger partial charge is 0.497 e. The number of nitrogens with zero attached hydrogens (tertiary/aromatic N) is 2. The van der Waals surface area contributed by atoms with Crippen LogP contribution in [0.1, 0.15) is 10.5 Å². The molecule has 1 aromatic heterocycles. The van der Waals surface area contributed by atoms with E-state index in [1.807, 2.05) is 6.07 Å². The smallest absolute Gasteiger partial charge is 0.364 e. The molecule has 6 heteroatoms. The van der Waals surface area contributed by atoms with E-state index >= 15 is 0 Å². The van der Waals surface area contributed by atoms with Gasteiger partial charge in [-0.25, -0.2) is 4.79 Å². The van der Waals surface area contributed by atoms with Gasteiger partial charge in [-0.1, -0.05) is 36.4 Å². The van der Waals surface area contributed by atoms with Gasteiger partial charge in [-0.05, 0) is 42.5 Å². The second kappa shape index (κ2) is 7.36. The monoisotopic (exact) mass is 372 g/mol. The second-order valence-corrected chi connectivity index (χ2v) is 6.01. The number of benzene rings is 3. The van der Waals surface area contributed by atoms with Gasteiger partial charge >= 0.3 is 5.97 Å². The number of fused-ring (bicyclic) bond motifs is 1. The molecule has 6 nitrogen and oxygen atoms in total. The average Bonchev–Trinajstić information content (AvgIpc) is 2.75. The summed E-state index contributed by atoms with van der Waals surface area (Å²) in [6, 6.07) is 22.4. The molecule has 0 fully saturated rings. The molecule has 0 unspecified atom stereocenters. The number of rotatable bonds is 4. The maximum absolute atomic E-state index is 12.9. The summed E-state index contributed by atoms with van der Waals surface area (Å²) in [6.07, 6.45) is 0. The molecule has 3 aromatic carbocycles. The fourth-order valence-corrected chi connectivity index (χ4v) is 2.88. The molecule has 0 spiro atoms. The van der Waals surface area contributed by atoms with E-state index in [2.05, 4.69) is 5.10 Å². The first-order chi connectivity index (χ1) is 13.7. The van der Waals surface area contributed by atoms with Crippen molar-refractivity contribution in [3.05, 3.63) is 94.9 Å². The molecule has 0 atom stereocenters. The predicted molar refractivity (Wildman–Crippen MR) is 105 cm³/mol. The van der Waals surface area contributed by atoms with E-state index in [-0.39, 0.29) is 11.3 Å². The highest BCUT2D eigenvalue weighted by Gasteiger charge is 2.19. The van der Waals surface area contributed by atoms with Gasteiger partial charge in [0.05, 0.1) is 18.2 Å². The van der Waals surface area contributed by atoms with Crippen molar-refractivity contribution in [1.29, 1.82) is 0 Å². The zero-order valence-corrected chi connectivity index (χ0v) is 15.0. The molecule has 138 valence electrons. The van der Waals surface area contributed by atoms with Crippen LogP contribution in [0, 0.1) is 0 Å². The van der Waals surface area contributed by atoms with Crippen LogP contribution in [0.15, 0.2) is 83.7 Å². The zero-order chi connectivity index (χ0) is 19.5. The van der Waals surface area contributed by atoms with Crippen LogP contribution in [0.3, 0.4) is 0 Å². The fourth-order valence-electron chi connectivity index (χ4n) is 2.88. The molecule has 0 saturated heterocycles. The number of hydrogen-bond acceptors (Lipinski definition) is 5. The van der Waals surface area contributed by atoms with Crippen molar-refractivity contribution in [3.63, 3.8) is 0 Å². The molecule has 0 aliphatic heterocycles. The maximum atomic E-state index is 12.9. The summed E-state index contributed by atoms with van der Waals surface area (Å²) in [4.78, 5) is 25.7. The van der Waals surface area contributed by atoms with Crippen LogP contribution in [0.4, 0.5) is 0 Å². The van der Waals surface area contributed by atoms with Gasteiger partial charge in [0.25, 0.3) is 5.56 Å². The number of esters is 1. The van der Waals surface area contributed by atoms with Gasteiger partial charge in [0, 0.05) is 5.39 Å². The van der Waals surface area contributed by atoms with Gasteiger partial charge in [0.2, 0.25) is 0 Å². The molecule has 0 amide bonds. The fraction of sp³-hybridized carbons (Fsp3) is 0.0455. The van der Waals surface area contributed by atoms with Crippen LogP contribution in [-0.4, -0.2) is 22.9 Å². The molecule has 0 saturated carbocycles. The Balaban J connectivity index is 1.82. The standard InChI is InChI=1S/C22H16N2O4/c1-27-16-11-13-17(14-12-16)28-22(26)20-18-9-5-6-10-19(18)21(25)24(23-20)15-7-3-2-4-8-15/h2-14H,1H3. The Bertz CT molecular complexity index is 1200. The van der Waals surface area contributed by atoms with Crippen molar-refractivity contribution in [3.8, 4) is 17.2 Å². The summed E-state index contributed by atoms with van der Waals surface area (Å²) in [7, 11) is 1.56. The first kappa shape index (κ1) is 17.5. The minimum Gasteiger partial charge on any atom is -0.497 e. The van der Waals surface area contributed by atoms with Gasteiger partial charge in [-0.3, -0.25) is 4.79 Å². The molecule has 1 heterocycles. The van der Waals surface area contributed by atoms with Gasteiger partial charge in [0.1, 0.15) is 11.5 Å². The van der Waals surface area contributed by atoms with E-state index in [4.69, 9.17) is 9.47 Å². The average molecular weight is 372 g/mol. The summed E-state index contributed by atoms with van der Waals surface area (Å²) in [5, 5.41) is 5.14. The molecule has 0 radical (unpaired) electrons. The first-order valence-electron chi connectivity index (χ1n) is 8.61. The molecule has 0 aliphatic rings. The van der Waals surface area contributed by atoms with Crippen LogP contribution in [0.5, 0.6) is 11.5 Å². The molecule has 0 bridgehead atoms. The first-order valence-corrected chi connectivity index (χ1v) is 8.61. The number of carbonyl (C=O) groups excluding carboxylic acids is 1. The van der Waals surface area contributed by atoms with Crippen molar-refractivity contribution in [2.45, 2.75) is 0 Å². The van der Waals surface area contributed by atoms with Crippen molar-refractivity contribution in [1.82, 2.24) is 9.78 Å². The van der Waals surface area contributed by atoms with Crippen LogP contribution in [0.25, 0.3) is 16.5 Å².